The highest BCUT2D eigenvalue weighted by Crippen LogP contribution is 2.23. The highest BCUT2D eigenvalue weighted by molar-refractivity contribution is 7.89. The van der Waals surface area contributed by atoms with Gasteiger partial charge in [0.1, 0.15) is 11.8 Å². The third kappa shape index (κ3) is 4.68. The van der Waals surface area contributed by atoms with Gasteiger partial charge in [0.15, 0.2) is 6.61 Å². The Balaban J connectivity index is 1.65. The second kappa shape index (κ2) is 8.87. The van der Waals surface area contributed by atoms with Crippen molar-refractivity contribution >= 4 is 21.6 Å². The number of anilines is 1. The molecule has 0 radical (unpaired) electrons. The summed E-state index contributed by atoms with van der Waals surface area (Å²) >= 11 is 0. The Kier molecular flexibility index (Phi) is 6.29. The summed E-state index contributed by atoms with van der Waals surface area (Å²) in [5.74, 6) is -0.123. The predicted octanol–water partition coefficient (Wildman–Crippen LogP) is 2.75. The Morgan fingerprint density at radius 2 is 1.86 bits per heavy atom. The Morgan fingerprint density at radius 1 is 1.11 bits per heavy atom. The summed E-state index contributed by atoms with van der Waals surface area (Å²) in [7, 11) is -3.57. The molecule has 0 unspecified atom stereocenters. The van der Waals surface area contributed by atoms with Crippen LogP contribution in [0.25, 0.3) is 0 Å². The zero-order valence-corrected chi connectivity index (χ0v) is 16.1. The first-order valence-corrected chi connectivity index (χ1v) is 10.5. The van der Waals surface area contributed by atoms with E-state index in [9.17, 15) is 13.2 Å². The number of benzene rings is 2. The largest absolute Gasteiger partial charge is 0.482 e. The molecule has 0 spiro atoms. The SMILES string of the molecule is N#Cc1ccccc1OCC(=O)Nc1cccc(S(=O)(=O)N2CCCCC2)c1. The van der Waals surface area contributed by atoms with Gasteiger partial charge in [-0.15, -0.1) is 0 Å². The summed E-state index contributed by atoms with van der Waals surface area (Å²) < 4.78 is 32.4. The van der Waals surface area contributed by atoms with E-state index < -0.39 is 15.9 Å². The monoisotopic (exact) mass is 399 g/mol. The second-order valence-corrected chi connectivity index (χ2v) is 8.38. The number of sulfonamides is 1. The van der Waals surface area contributed by atoms with Crippen LogP contribution in [0, 0.1) is 11.3 Å². The van der Waals surface area contributed by atoms with Crippen molar-refractivity contribution in [2.24, 2.45) is 0 Å². The number of nitriles is 1. The number of nitrogens with one attached hydrogen (secondary N) is 1. The number of carbonyl (C=O) groups excluding carboxylic acids is 1. The van der Waals surface area contributed by atoms with Crippen molar-refractivity contribution < 1.29 is 17.9 Å². The van der Waals surface area contributed by atoms with Crippen LogP contribution in [0.5, 0.6) is 5.75 Å². The number of hydrogen-bond acceptors (Lipinski definition) is 5. The number of rotatable bonds is 6. The molecule has 1 N–H and O–H groups in total. The van der Waals surface area contributed by atoms with Crippen LogP contribution in [0.3, 0.4) is 0 Å². The zero-order valence-electron chi connectivity index (χ0n) is 15.3. The van der Waals surface area contributed by atoms with Crippen LogP contribution in [0.2, 0.25) is 0 Å². The topological polar surface area (TPSA) is 99.5 Å². The summed E-state index contributed by atoms with van der Waals surface area (Å²) in [6.45, 7) is 0.748. The van der Waals surface area contributed by atoms with Crippen molar-refractivity contribution in [3.8, 4) is 11.8 Å². The molecule has 7 nitrogen and oxygen atoms in total. The lowest BCUT2D eigenvalue weighted by Crippen LogP contribution is -2.35. The lowest BCUT2D eigenvalue weighted by atomic mass is 10.2. The summed E-state index contributed by atoms with van der Waals surface area (Å²) in [4.78, 5) is 12.3. The molecule has 8 heteroatoms. The van der Waals surface area contributed by atoms with Crippen molar-refractivity contribution in [3.05, 3.63) is 54.1 Å². The summed E-state index contributed by atoms with van der Waals surface area (Å²) in [6.07, 6.45) is 2.76. The molecule has 0 aromatic heterocycles. The van der Waals surface area contributed by atoms with Gasteiger partial charge in [0.25, 0.3) is 5.91 Å². The minimum absolute atomic E-state index is 0.156. The molecule has 1 saturated heterocycles. The van der Waals surface area contributed by atoms with Crippen molar-refractivity contribution in [1.29, 1.82) is 5.26 Å². The second-order valence-electron chi connectivity index (χ2n) is 6.44. The van der Waals surface area contributed by atoms with Crippen molar-refractivity contribution in [3.63, 3.8) is 0 Å². The van der Waals surface area contributed by atoms with Crippen LogP contribution in [-0.2, 0) is 14.8 Å². The molecule has 0 saturated carbocycles. The van der Waals surface area contributed by atoms with Gasteiger partial charge in [-0.3, -0.25) is 4.79 Å². The van der Waals surface area contributed by atoms with E-state index in [4.69, 9.17) is 10.00 Å². The third-order valence-electron chi connectivity index (χ3n) is 4.44. The van der Waals surface area contributed by atoms with E-state index in [1.165, 1.54) is 16.4 Å². The van der Waals surface area contributed by atoms with E-state index in [-0.39, 0.29) is 11.5 Å². The minimum Gasteiger partial charge on any atom is -0.482 e. The number of ether oxygens (including phenoxy) is 1. The number of nitrogens with zero attached hydrogens (tertiary/aromatic N) is 2. The van der Waals surface area contributed by atoms with E-state index in [2.05, 4.69) is 5.32 Å². The fraction of sp³-hybridized carbons (Fsp3) is 0.300. The number of carbonyl (C=O) groups is 1. The van der Waals surface area contributed by atoms with Crippen molar-refractivity contribution in [2.75, 3.05) is 25.0 Å². The van der Waals surface area contributed by atoms with Gasteiger partial charge in [-0.2, -0.15) is 9.57 Å². The standard InChI is InChI=1S/C20H21N3O4S/c21-14-16-7-2-3-10-19(16)27-15-20(24)22-17-8-6-9-18(13-17)28(25,26)23-11-4-1-5-12-23/h2-3,6-10,13H,1,4-5,11-12,15H2,(H,22,24). The molecule has 0 atom stereocenters. The summed E-state index contributed by atoms with van der Waals surface area (Å²) in [6, 6.07) is 14.8. The van der Waals surface area contributed by atoms with Crippen LogP contribution in [0.1, 0.15) is 24.8 Å². The molecule has 0 aliphatic carbocycles. The van der Waals surface area contributed by atoms with Crippen molar-refractivity contribution in [2.45, 2.75) is 24.2 Å². The molecule has 0 bridgehead atoms. The van der Waals surface area contributed by atoms with Gasteiger partial charge in [0, 0.05) is 18.8 Å². The van der Waals surface area contributed by atoms with Crippen LogP contribution >= 0.6 is 0 Å². The van der Waals surface area contributed by atoms with Gasteiger partial charge < -0.3 is 10.1 Å². The van der Waals surface area contributed by atoms with Gasteiger partial charge in [0.2, 0.25) is 10.0 Å². The normalized spacial score (nSPS) is 14.8. The molecular formula is C20H21N3O4S. The molecule has 3 rings (SSSR count). The van der Waals surface area contributed by atoms with E-state index >= 15 is 0 Å². The van der Waals surface area contributed by atoms with Gasteiger partial charge in [-0.25, -0.2) is 8.42 Å². The Labute approximate surface area is 164 Å². The maximum atomic E-state index is 12.8. The maximum absolute atomic E-state index is 12.8. The van der Waals surface area contributed by atoms with Gasteiger partial charge in [-0.1, -0.05) is 24.6 Å². The van der Waals surface area contributed by atoms with Crippen molar-refractivity contribution in [1.82, 2.24) is 4.31 Å². The van der Waals surface area contributed by atoms with Gasteiger partial charge in [-0.05, 0) is 43.2 Å². The van der Waals surface area contributed by atoms with Gasteiger partial charge in [0.05, 0.1) is 10.5 Å². The molecule has 1 aliphatic rings. The smallest absolute Gasteiger partial charge is 0.262 e. The Bertz CT molecular complexity index is 993. The summed E-state index contributed by atoms with van der Waals surface area (Å²) in [5, 5.41) is 11.7. The molecule has 1 aliphatic heterocycles. The average molecular weight is 399 g/mol. The predicted molar refractivity (Wildman–Crippen MR) is 104 cm³/mol. The number of para-hydroxylation sites is 1. The molecule has 1 amide bonds. The van der Waals surface area contributed by atoms with Crippen LogP contribution < -0.4 is 10.1 Å². The first-order valence-electron chi connectivity index (χ1n) is 9.03. The molecule has 2 aromatic rings. The van der Waals surface area contributed by atoms with E-state index in [1.54, 1.807) is 36.4 Å². The van der Waals surface area contributed by atoms with E-state index in [0.717, 1.165) is 19.3 Å². The first-order chi connectivity index (χ1) is 13.5. The van der Waals surface area contributed by atoms with Crippen LogP contribution in [-0.4, -0.2) is 38.3 Å². The van der Waals surface area contributed by atoms with Crippen LogP contribution in [0.15, 0.2) is 53.4 Å². The zero-order chi connectivity index (χ0) is 20.0. The number of hydrogen-bond donors (Lipinski definition) is 1. The van der Waals surface area contributed by atoms with Crippen LogP contribution in [0.4, 0.5) is 5.69 Å². The Hall–Kier alpha value is -2.89. The Morgan fingerprint density at radius 3 is 2.61 bits per heavy atom. The first kappa shape index (κ1) is 19.9. The average Bonchev–Trinajstić information content (AvgIpc) is 2.73. The molecule has 28 heavy (non-hydrogen) atoms. The number of amides is 1. The van der Waals surface area contributed by atoms with E-state index in [1.807, 2.05) is 6.07 Å². The molecule has 146 valence electrons. The highest BCUT2D eigenvalue weighted by atomic mass is 32.2. The third-order valence-corrected chi connectivity index (χ3v) is 6.33. The highest BCUT2D eigenvalue weighted by Gasteiger charge is 2.26. The fourth-order valence-electron chi connectivity index (χ4n) is 3.01. The van der Waals surface area contributed by atoms with E-state index in [0.29, 0.717) is 30.1 Å². The minimum atomic E-state index is -3.57. The van der Waals surface area contributed by atoms with Gasteiger partial charge >= 0.3 is 0 Å². The molecular weight excluding hydrogens is 378 g/mol. The number of piperidine rings is 1. The lowest BCUT2D eigenvalue weighted by molar-refractivity contribution is -0.118. The molecule has 1 fully saturated rings. The molecule has 1 heterocycles. The summed E-state index contributed by atoms with van der Waals surface area (Å²) in [5.41, 5.74) is 0.713. The molecule has 2 aromatic carbocycles. The fourth-order valence-corrected chi connectivity index (χ4v) is 4.58. The lowest BCUT2D eigenvalue weighted by Gasteiger charge is -2.26. The maximum Gasteiger partial charge on any atom is 0.262 e. The quantitative estimate of drug-likeness (QED) is 0.805.